The average Bonchev–Trinajstić information content (AvgIpc) is 3.42. The first-order valence-electron chi connectivity index (χ1n) is 12.5. The number of rotatable bonds is 6. The highest BCUT2D eigenvalue weighted by molar-refractivity contribution is 6.31. The van der Waals surface area contributed by atoms with Gasteiger partial charge in [0, 0.05) is 35.8 Å². The van der Waals surface area contributed by atoms with Crippen molar-refractivity contribution in [1.29, 1.82) is 0 Å². The van der Waals surface area contributed by atoms with E-state index in [0.717, 1.165) is 0 Å². The summed E-state index contributed by atoms with van der Waals surface area (Å²) in [5, 5.41) is 12.6. The molecule has 3 heterocycles. The van der Waals surface area contributed by atoms with Crippen LogP contribution in [-0.2, 0) is 4.79 Å². The van der Waals surface area contributed by atoms with Gasteiger partial charge >= 0.3 is 0 Å². The van der Waals surface area contributed by atoms with Crippen molar-refractivity contribution in [2.45, 2.75) is 18.6 Å². The standard InChI is InChI=1S/C29H27Cl2FN4O4/c1-16-24(28(37)35-11-10-18(15-35)25-21(32)13-20(31)14-33-25)29(38)36(26-22(39-2)8-5-9-23(26)40-3)27(34-16)17-6-4-7-19(30)12-17/h4-9,12-14,18,24,29,38H,1,10-11,15H2,2-3H3. The summed E-state index contributed by atoms with van der Waals surface area (Å²) < 4.78 is 25.8. The predicted molar refractivity (Wildman–Crippen MR) is 152 cm³/mol. The second-order valence-corrected chi connectivity index (χ2v) is 10.4. The van der Waals surface area contributed by atoms with Crippen LogP contribution in [0, 0.1) is 11.7 Å². The van der Waals surface area contributed by atoms with Crippen LogP contribution >= 0.6 is 23.2 Å². The first kappa shape index (κ1) is 27.9. The normalized spacial score (nSPS) is 20.9. The predicted octanol–water partition coefficient (Wildman–Crippen LogP) is 5.28. The molecule has 3 atom stereocenters. The van der Waals surface area contributed by atoms with Crippen LogP contribution < -0.4 is 14.4 Å². The number of amidine groups is 1. The molecular weight excluding hydrogens is 558 g/mol. The van der Waals surface area contributed by atoms with Crippen molar-refractivity contribution in [3.8, 4) is 11.5 Å². The van der Waals surface area contributed by atoms with Gasteiger partial charge in [-0.15, -0.1) is 0 Å². The number of halogens is 3. The maximum absolute atomic E-state index is 14.6. The highest BCUT2D eigenvalue weighted by atomic mass is 35.5. The summed E-state index contributed by atoms with van der Waals surface area (Å²) in [4.78, 5) is 25.9. The number of aliphatic hydroxyl groups is 1. The number of likely N-dealkylation sites (tertiary alicyclic amines) is 1. The molecule has 1 aromatic heterocycles. The summed E-state index contributed by atoms with van der Waals surface area (Å²) in [6.45, 7) is 4.63. The number of benzene rings is 2. The van der Waals surface area contributed by atoms with Gasteiger partial charge in [0.25, 0.3) is 0 Å². The summed E-state index contributed by atoms with van der Waals surface area (Å²) >= 11 is 12.2. The van der Waals surface area contributed by atoms with Gasteiger partial charge in [0.1, 0.15) is 41.0 Å². The molecule has 1 amide bonds. The van der Waals surface area contributed by atoms with E-state index in [9.17, 15) is 14.3 Å². The zero-order chi connectivity index (χ0) is 28.6. The molecule has 8 nitrogen and oxygen atoms in total. The lowest BCUT2D eigenvalue weighted by Gasteiger charge is -2.41. The molecule has 208 valence electrons. The Hall–Kier alpha value is -3.66. The summed E-state index contributed by atoms with van der Waals surface area (Å²) in [6.07, 6.45) is 0.469. The van der Waals surface area contributed by atoms with Gasteiger partial charge in [-0.2, -0.15) is 0 Å². The molecule has 0 radical (unpaired) electrons. The number of amides is 1. The van der Waals surface area contributed by atoms with Gasteiger partial charge in [0.05, 0.1) is 30.6 Å². The summed E-state index contributed by atoms with van der Waals surface area (Å²) in [5.74, 6) is -1.22. The zero-order valence-electron chi connectivity index (χ0n) is 21.9. The number of nitrogens with zero attached hydrogens (tertiary/aromatic N) is 4. The number of aliphatic imine (C=N–C) groups is 1. The van der Waals surface area contributed by atoms with Crippen molar-refractivity contribution in [2.75, 3.05) is 32.2 Å². The van der Waals surface area contributed by atoms with Crippen LogP contribution in [-0.4, -0.2) is 60.3 Å². The van der Waals surface area contributed by atoms with E-state index in [4.69, 9.17) is 37.7 Å². The average molecular weight is 585 g/mol. The van der Waals surface area contributed by atoms with Gasteiger partial charge in [0.2, 0.25) is 5.91 Å². The number of aliphatic hydroxyl groups excluding tert-OH is 1. The molecule has 11 heteroatoms. The van der Waals surface area contributed by atoms with Crippen molar-refractivity contribution in [3.63, 3.8) is 0 Å². The van der Waals surface area contributed by atoms with E-state index in [1.54, 1.807) is 47.4 Å². The maximum Gasteiger partial charge on any atom is 0.236 e. The van der Waals surface area contributed by atoms with Crippen molar-refractivity contribution < 1.29 is 23.8 Å². The van der Waals surface area contributed by atoms with E-state index >= 15 is 0 Å². The summed E-state index contributed by atoms with van der Waals surface area (Å²) in [7, 11) is 3.00. The molecule has 3 aromatic rings. The van der Waals surface area contributed by atoms with Gasteiger partial charge in [-0.1, -0.05) is 48.0 Å². The Labute approximate surface area is 241 Å². The van der Waals surface area contributed by atoms with E-state index in [1.807, 2.05) is 0 Å². The van der Waals surface area contributed by atoms with Gasteiger partial charge in [-0.3, -0.25) is 14.7 Å². The van der Waals surface area contributed by atoms with Crippen LogP contribution in [0.5, 0.6) is 11.5 Å². The Balaban J connectivity index is 1.54. The van der Waals surface area contributed by atoms with E-state index in [0.29, 0.717) is 46.6 Å². The fourth-order valence-corrected chi connectivity index (χ4v) is 5.56. The number of methoxy groups -OCH3 is 2. The minimum Gasteiger partial charge on any atom is -0.494 e. The van der Waals surface area contributed by atoms with E-state index in [1.165, 1.54) is 31.4 Å². The lowest BCUT2D eigenvalue weighted by molar-refractivity contribution is -0.136. The third kappa shape index (κ3) is 5.12. The van der Waals surface area contributed by atoms with Crippen molar-refractivity contribution >= 4 is 40.6 Å². The zero-order valence-corrected chi connectivity index (χ0v) is 23.4. The van der Waals surface area contributed by atoms with Gasteiger partial charge < -0.3 is 19.5 Å². The molecule has 2 aliphatic heterocycles. The first-order valence-corrected chi connectivity index (χ1v) is 13.3. The molecule has 3 unspecified atom stereocenters. The van der Waals surface area contributed by atoms with Crippen LogP contribution in [0.4, 0.5) is 10.1 Å². The number of aromatic nitrogens is 1. The number of para-hydroxylation sites is 1. The Morgan fingerprint density at radius 3 is 2.45 bits per heavy atom. The number of anilines is 1. The topological polar surface area (TPSA) is 87.5 Å². The Morgan fingerprint density at radius 1 is 1.10 bits per heavy atom. The summed E-state index contributed by atoms with van der Waals surface area (Å²) in [6, 6.07) is 13.4. The summed E-state index contributed by atoms with van der Waals surface area (Å²) in [5.41, 5.74) is 1.41. The molecule has 1 fully saturated rings. The fourth-order valence-electron chi connectivity index (χ4n) is 5.22. The Bertz CT molecular complexity index is 1480. The van der Waals surface area contributed by atoms with Crippen LogP contribution in [0.25, 0.3) is 0 Å². The number of ether oxygens (including phenoxy) is 2. The third-order valence-corrected chi connectivity index (χ3v) is 7.56. The lowest BCUT2D eigenvalue weighted by atomic mass is 9.96. The number of carbonyl (C=O) groups excluding carboxylic acids is 1. The van der Waals surface area contributed by atoms with E-state index in [-0.39, 0.29) is 34.8 Å². The van der Waals surface area contributed by atoms with E-state index < -0.39 is 18.0 Å². The minimum atomic E-state index is -1.43. The highest BCUT2D eigenvalue weighted by Crippen LogP contribution is 2.43. The van der Waals surface area contributed by atoms with Crippen LogP contribution in [0.2, 0.25) is 10.0 Å². The largest absolute Gasteiger partial charge is 0.494 e. The molecule has 1 saturated heterocycles. The third-order valence-electron chi connectivity index (χ3n) is 7.11. The molecule has 0 spiro atoms. The van der Waals surface area contributed by atoms with Crippen molar-refractivity contribution in [2.24, 2.45) is 10.9 Å². The molecule has 5 rings (SSSR count). The monoisotopic (exact) mass is 584 g/mol. The minimum absolute atomic E-state index is 0.178. The van der Waals surface area contributed by atoms with Gasteiger partial charge in [0.15, 0.2) is 0 Å². The van der Waals surface area contributed by atoms with Crippen LogP contribution in [0.3, 0.4) is 0 Å². The molecule has 0 aliphatic carbocycles. The molecular formula is C29H27Cl2FN4O4. The first-order chi connectivity index (χ1) is 19.2. The van der Waals surface area contributed by atoms with E-state index in [2.05, 4.69) is 11.6 Å². The Kier molecular flexibility index (Phi) is 7.98. The number of hydrogen-bond acceptors (Lipinski definition) is 7. The number of pyridine rings is 1. The molecule has 1 N–H and O–H groups in total. The SMILES string of the molecule is C=C1N=C(c2cccc(Cl)c2)N(c2c(OC)cccc2OC)C(O)C1C(=O)N1CCC(c2ncc(Cl)cc2F)C1. The number of hydrogen-bond donors (Lipinski definition) is 1. The Morgan fingerprint density at radius 2 is 1.80 bits per heavy atom. The van der Waals surface area contributed by atoms with Crippen molar-refractivity contribution in [1.82, 2.24) is 9.88 Å². The molecule has 0 bridgehead atoms. The highest BCUT2D eigenvalue weighted by Gasteiger charge is 2.45. The van der Waals surface area contributed by atoms with Crippen LogP contribution in [0.15, 0.2) is 72.0 Å². The quantitative estimate of drug-likeness (QED) is 0.424. The van der Waals surface area contributed by atoms with Crippen molar-refractivity contribution in [3.05, 3.63) is 94.1 Å². The lowest BCUT2D eigenvalue weighted by Crippen LogP contribution is -2.54. The van der Waals surface area contributed by atoms with Gasteiger partial charge in [-0.25, -0.2) is 9.38 Å². The fraction of sp³-hybridized carbons (Fsp3) is 0.276. The molecule has 40 heavy (non-hydrogen) atoms. The second kappa shape index (κ2) is 11.4. The number of carbonyl (C=O) groups is 1. The molecule has 0 saturated carbocycles. The molecule has 2 aliphatic rings. The maximum atomic E-state index is 14.6. The van der Waals surface area contributed by atoms with Crippen LogP contribution in [0.1, 0.15) is 23.6 Å². The second-order valence-electron chi connectivity index (χ2n) is 9.50. The van der Waals surface area contributed by atoms with Gasteiger partial charge in [-0.05, 0) is 36.8 Å². The smallest absolute Gasteiger partial charge is 0.236 e. The molecule has 2 aromatic carbocycles.